The maximum Gasteiger partial charge on any atom is 0.186 e. The molecule has 5 heteroatoms. The van der Waals surface area contributed by atoms with Gasteiger partial charge in [0.1, 0.15) is 23.8 Å². The molecule has 0 radical (unpaired) electrons. The zero-order valence-electron chi connectivity index (χ0n) is 9.01. The number of rotatable bonds is 2. The second-order valence-corrected chi connectivity index (χ2v) is 3.20. The van der Waals surface area contributed by atoms with E-state index in [4.69, 9.17) is 10.00 Å². The third-order valence-corrected chi connectivity index (χ3v) is 2.26. The van der Waals surface area contributed by atoms with E-state index in [-0.39, 0.29) is 11.4 Å². The van der Waals surface area contributed by atoms with Gasteiger partial charge in [-0.3, -0.25) is 0 Å². The minimum atomic E-state index is -0.737. The fourth-order valence-electron chi connectivity index (χ4n) is 1.48. The molecule has 84 valence electrons. The highest BCUT2D eigenvalue weighted by molar-refractivity contribution is 5.68. The van der Waals surface area contributed by atoms with Crippen molar-refractivity contribution < 1.29 is 9.13 Å². The van der Waals surface area contributed by atoms with Crippen molar-refractivity contribution in [2.24, 2.45) is 0 Å². The summed E-state index contributed by atoms with van der Waals surface area (Å²) in [5.74, 6) is -0.242. The number of nitriles is 1. The Labute approximate surface area is 97.3 Å². The number of aromatic nitrogens is 2. The Hall–Kier alpha value is -2.48. The first-order valence-corrected chi connectivity index (χ1v) is 4.82. The van der Waals surface area contributed by atoms with Crippen LogP contribution in [-0.2, 0) is 0 Å². The molecule has 0 amide bonds. The van der Waals surface area contributed by atoms with Crippen LogP contribution in [-0.4, -0.2) is 17.1 Å². The predicted octanol–water partition coefficient (Wildman–Crippen LogP) is 2.16. The molecule has 0 atom stereocenters. The molecule has 0 N–H and O–H groups in total. The smallest absolute Gasteiger partial charge is 0.186 e. The molecule has 1 aromatic heterocycles. The van der Waals surface area contributed by atoms with Gasteiger partial charge in [-0.15, -0.1) is 0 Å². The molecular weight excluding hydrogens is 221 g/mol. The van der Waals surface area contributed by atoms with Crippen molar-refractivity contribution in [2.45, 2.75) is 0 Å². The largest absolute Gasteiger partial charge is 0.496 e. The van der Waals surface area contributed by atoms with Crippen LogP contribution in [0, 0.1) is 17.1 Å². The maximum atomic E-state index is 13.9. The molecule has 17 heavy (non-hydrogen) atoms. The molecule has 0 fully saturated rings. The van der Waals surface area contributed by atoms with E-state index in [1.807, 2.05) is 0 Å². The van der Waals surface area contributed by atoms with Gasteiger partial charge in [0.25, 0.3) is 0 Å². The highest BCUT2D eigenvalue weighted by Gasteiger charge is 2.15. The van der Waals surface area contributed by atoms with Gasteiger partial charge in [-0.1, -0.05) is 12.1 Å². The molecule has 4 nitrogen and oxygen atoms in total. The van der Waals surface area contributed by atoms with Gasteiger partial charge in [-0.25, -0.2) is 14.4 Å². The van der Waals surface area contributed by atoms with E-state index in [9.17, 15) is 4.39 Å². The lowest BCUT2D eigenvalue weighted by Gasteiger charge is -2.08. The van der Waals surface area contributed by atoms with E-state index in [0.29, 0.717) is 11.3 Å². The molecular formula is C12H8FN3O. The summed E-state index contributed by atoms with van der Waals surface area (Å²) in [6.07, 6.45) is 1.16. The van der Waals surface area contributed by atoms with Crippen molar-refractivity contribution in [3.05, 3.63) is 42.1 Å². The van der Waals surface area contributed by atoms with Crippen LogP contribution in [0.15, 0.2) is 30.6 Å². The second-order valence-electron chi connectivity index (χ2n) is 3.20. The number of hydrogen-bond donors (Lipinski definition) is 0. The van der Waals surface area contributed by atoms with Crippen molar-refractivity contribution >= 4 is 0 Å². The second kappa shape index (κ2) is 4.58. The first-order valence-electron chi connectivity index (χ1n) is 4.82. The molecule has 2 rings (SSSR count). The van der Waals surface area contributed by atoms with Crippen molar-refractivity contribution in [3.8, 4) is 23.1 Å². The van der Waals surface area contributed by atoms with Gasteiger partial charge in [-0.2, -0.15) is 5.26 Å². The van der Waals surface area contributed by atoms with Gasteiger partial charge >= 0.3 is 0 Å². The lowest BCUT2D eigenvalue weighted by atomic mass is 10.1. The number of hydrogen-bond acceptors (Lipinski definition) is 4. The summed E-state index contributed by atoms with van der Waals surface area (Å²) in [6, 6.07) is 8.56. The van der Waals surface area contributed by atoms with Crippen LogP contribution in [0.5, 0.6) is 5.75 Å². The van der Waals surface area contributed by atoms with Gasteiger partial charge in [0.05, 0.1) is 7.11 Å². The number of methoxy groups -OCH3 is 1. The Kier molecular flexibility index (Phi) is 2.97. The Balaban J connectivity index is 2.65. The topological polar surface area (TPSA) is 58.8 Å². The summed E-state index contributed by atoms with van der Waals surface area (Å²) in [7, 11) is 1.49. The highest BCUT2D eigenvalue weighted by Crippen LogP contribution is 2.29. The van der Waals surface area contributed by atoms with E-state index >= 15 is 0 Å². The van der Waals surface area contributed by atoms with Crippen molar-refractivity contribution in [2.75, 3.05) is 7.11 Å². The van der Waals surface area contributed by atoms with E-state index in [0.717, 1.165) is 6.33 Å². The average molecular weight is 229 g/mol. The Morgan fingerprint density at radius 3 is 2.76 bits per heavy atom. The molecule has 0 aliphatic carbocycles. The summed E-state index contributed by atoms with van der Waals surface area (Å²) < 4.78 is 19.0. The molecule has 1 heterocycles. The van der Waals surface area contributed by atoms with Crippen LogP contribution in [0.3, 0.4) is 0 Å². The van der Waals surface area contributed by atoms with Crippen LogP contribution in [0.1, 0.15) is 5.69 Å². The molecule has 0 unspecified atom stereocenters. The normalized spacial score (nSPS) is 9.71. The average Bonchev–Trinajstić information content (AvgIpc) is 2.39. The van der Waals surface area contributed by atoms with Gasteiger partial charge in [-0.05, 0) is 12.1 Å². The summed E-state index contributed by atoms with van der Waals surface area (Å²) in [4.78, 5) is 7.40. The van der Waals surface area contributed by atoms with E-state index in [1.54, 1.807) is 30.3 Å². The fraction of sp³-hybridized carbons (Fsp3) is 0.0833. The van der Waals surface area contributed by atoms with Gasteiger partial charge < -0.3 is 4.74 Å². The molecule has 1 aromatic carbocycles. The third kappa shape index (κ3) is 1.93. The van der Waals surface area contributed by atoms with Crippen LogP contribution in [0.2, 0.25) is 0 Å². The van der Waals surface area contributed by atoms with Gasteiger partial charge in [0.2, 0.25) is 0 Å². The first-order chi connectivity index (χ1) is 8.27. The number of nitrogens with zero attached hydrogens (tertiary/aromatic N) is 3. The molecule has 0 bridgehead atoms. The van der Waals surface area contributed by atoms with Crippen LogP contribution < -0.4 is 4.74 Å². The van der Waals surface area contributed by atoms with Crippen LogP contribution >= 0.6 is 0 Å². The maximum absolute atomic E-state index is 13.9. The Morgan fingerprint density at radius 1 is 1.29 bits per heavy atom. The monoisotopic (exact) mass is 229 g/mol. The summed E-state index contributed by atoms with van der Waals surface area (Å²) in [5, 5.41) is 8.70. The zero-order valence-corrected chi connectivity index (χ0v) is 9.01. The summed E-state index contributed by atoms with van der Waals surface area (Å²) in [5.41, 5.74) is 0.279. The fourth-order valence-corrected chi connectivity index (χ4v) is 1.48. The number of benzene rings is 1. The van der Waals surface area contributed by atoms with E-state index in [1.165, 1.54) is 7.11 Å². The SMILES string of the molecule is COc1ccccc1-c1ncnc(C#N)c1F. The highest BCUT2D eigenvalue weighted by atomic mass is 19.1. The minimum Gasteiger partial charge on any atom is -0.496 e. The zero-order chi connectivity index (χ0) is 12.3. The molecule has 0 saturated carbocycles. The van der Waals surface area contributed by atoms with Crippen molar-refractivity contribution in [1.29, 1.82) is 5.26 Å². The predicted molar refractivity (Wildman–Crippen MR) is 58.7 cm³/mol. The molecule has 0 spiro atoms. The summed E-state index contributed by atoms with van der Waals surface area (Å²) in [6.45, 7) is 0. The van der Waals surface area contributed by atoms with Crippen LogP contribution in [0.4, 0.5) is 4.39 Å². The van der Waals surface area contributed by atoms with E-state index in [2.05, 4.69) is 9.97 Å². The standard InChI is InChI=1S/C12H8FN3O/c1-17-10-5-3-2-4-8(10)12-11(13)9(6-14)15-7-16-12/h2-5,7H,1H3. The molecule has 0 aliphatic heterocycles. The summed E-state index contributed by atoms with van der Waals surface area (Å²) >= 11 is 0. The lowest BCUT2D eigenvalue weighted by molar-refractivity contribution is 0.416. The number of halogens is 1. The van der Waals surface area contributed by atoms with Gasteiger partial charge in [0.15, 0.2) is 11.5 Å². The Bertz CT molecular complexity index is 593. The van der Waals surface area contributed by atoms with Crippen molar-refractivity contribution in [1.82, 2.24) is 9.97 Å². The Morgan fingerprint density at radius 2 is 2.06 bits per heavy atom. The molecule has 2 aromatic rings. The third-order valence-electron chi connectivity index (χ3n) is 2.26. The molecule has 0 saturated heterocycles. The molecule has 0 aliphatic rings. The lowest BCUT2D eigenvalue weighted by Crippen LogP contribution is -1.98. The first kappa shape index (κ1) is 11.0. The van der Waals surface area contributed by atoms with Crippen LogP contribution in [0.25, 0.3) is 11.3 Å². The van der Waals surface area contributed by atoms with Crippen molar-refractivity contribution in [3.63, 3.8) is 0 Å². The quantitative estimate of drug-likeness (QED) is 0.791. The van der Waals surface area contributed by atoms with E-state index < -0.39 is 5.82 Å². The minimum absolute atomic E-state index is 0.0639. The number of para-hydroxylation sites is 1. The van der Waals surface area contributed by atoms with Gasteiger partial charge in [0, 0.05) is 5.56 Å². The number of ether oxygens (including phenoxy) is 1.